The van der Waals surface area contributed by atoms with E-state index in [1.807, 2.05) is 6.07 Å². The van der Waals surface area contributed by atoms with Crippen molar-refractivity contribution in [2.24, 2.45) is 0 Å². The number of aliphatic carboxylic acids is 1. The predicted molar refractivity (Wildman–Crippen MR) is 79.6 cm³/mol. The van der Waals surface area contributed by atoms with Gasteiger partial charge >= 0.3 is 5.97 Å². The summed E-state index contributed by atoms with van der Waals surface area (Å²) in [6, 6.07) is 8.60. The summed E-state index contributed by atoms with van der Waals surface area (Å²) in [4.78, 5) is 26.5. The molecule has 0 bridgehead atoms. The van der Waals surface area contributed by atoms with Gasteiger partial charge in [-0.2, -0.15) is 0 Å². The molecule has 5 nitrogen and oxygen atoms in total. The molecule has 2 N–H and O–H groups in total. The summed E-state index contributed by atoms with van der Waals surface area (Å²) < 4.78 is 0. The van der Waals surface area contributed by atoms with Crippen molar-refractivity contribution < 1.29 is 14.7 Å². The molecule has 1 aromatic heterocycles. The van der Waals surface area contributed by atoms with Gasteiger partial charge in [-0.1, -0.05) is 23.7 Å². The van der Waals surface area contributed by atoms with Gasteiger partial charge in [-0.15, -0.1) is 0 Å². The highest BCUT2D eigenvalue weighted by atomic mass is 35.5. The van der Waals surface area contributed by atoms with Crippen molar-refractivity contribution >= 4 is 29.2 Å². The van der Waals surface area contributed by atoms with Crippen LogP contribution in [0.25, 0.3) is 0 Å². The number of nitrogens with zero attached hydrogens (tertiary/aromatic N) is 1. The molecule has 0 aliphatic heterocycles. The molecule has 0 unspecified atom stereocenters. The lowest BCUT2D eigenvalue weighted by Crippen LogP contribution is -2.12. The average molecular weight is 305 g/mol. The van der Waals surface area contributed by atoms with Crippen LogP contribution in [-0.4, -0.2) is 22.0 Å². The number of carboxylic acids is 1. The Morgan fingerprint density at radius 2 is 2.10 bits per heavy atom. The van der Waals surface area contributed by atoms with Crippen LogP contribution < -0.4 is 5.32 Å². The fourth-order valence-corrected chi connectivity index (χ4v) is 2.02. The van der Waals surface area contributed by atoms with Crippen LogP contribution >= 0.6 is 11.6 Å². The first-order valence-corrected chi connectivity index (χ1v) is 6.65. The highest BCUT2D eigenvalue weighted by Crippen LogP contribution is 2.17. The molecule has 0 aliphatic carbocycles. The van der Waals surface area contributed by atoms with Crippen molar-refractivity contribution in [3.8, 4) is 0 Å². The number of aromatic nitrogens is 1. The van der Waals surface area contributed by atoms with Gasteiger partial charge in [0.15, 0.2) is 0 Å². The Bertz CT molecular complexity index is 673. The van der Waals surface area contributed by atoms with E-state index in [1.54, 1.807) is 18.2 Å². The number of rotatable bonds is 5. The Kier molecular flexibility index (Phi) is 4.90. The molecule has 0 saturated carbocycles. The molecular formula is C15H13ClN2O3. The third-order valence-electron chi connectivity index (χ3n) is 2.83. The van der Waals surface area contributed by atoms with E-state index in [0.717, 1.165) is 5.56 Å². The minimum Gasteiger partial charge on any atom is -0.481 e. The van der Waals surface area contributed by atoms with E-state index in [4.69, 9.17) is 16.7 Å². The Labute approximate surface area is 126 Å². The van der Waals surface area contributed by atoms with Crippen molar-refractivity contribution in [3.63, 3.8) is 0 Å². The molecule has 1 amide bonds. The number of benzene rings is 1. The normalized spacial score (nSPS) is 10.1. The first-order chi connectivity index (χ1) is 10.1. The standard InChI is InChI=1S/C15H13ClN2O3/c16-13-9-17-7-6-12(13)15(21)18-11-3-1-2-10(8-11)4-5-14(19)20/h1-3,6-9H,4-5H2,(H,18,21)(H,19,20). The van der Waals surface area contributed by atoms with Gasteiger partial charge in [0.25, 0.3) is 5.91 Å². The van der Waals surface area contributed by atoms with Gasteiger partial charge in [-0.25, -0.2) is 0 Å². The summed E-state index contributed by atoms with van der Waals surface area (Å²) in [5, 5.41) is 11.7. The number of hydrogen-bond donors (Lipinski definition) is 2. The van der Waals surface area contributed by atoms with Crippen LogP contribution in [0.4, 0.5) is 5.69 Å². The molecule has 0 radical (unpaired) electrons. The lowest BCUT2D eigenvalue weighted by molar-refractivity contribution is -0.136. The molecule has 0 fully saturated rings. The van der Waals surface area contributed by atoms with Crippen LogP contribution in [0.3, 0.4) is 0 Å². The first kappa shape index (κ1) is 15.0. The maximum absolute atomic E-state index is 12.1. The summed E-state index contributed by atoms with van der Waals surface area (Å²) in [5.41, 5.74) is 1.77. The zero-order valence-corrected chi connectivity index (χ0v) is 11.8. The lowest BCUT2D eigenvalue weighted by atomic mass is 10.1. The van der Waals surface area contributed by atoms with E-state index in [0.29, 0.717) is 17.7 Å². The predicted octanol–water partition coefficient (Wildman–Crippen LogP) is 3.00. The number of carboxylic acid groups (broad SMARTS) is 1. The minimum absolute atomic E-state index is 0.0492. The van der Waals surface area contributed by atoms with Crippen molar-refractivity contribution in [1.29, 1.82) is 0 Å². The van der Waals surface area contributed by atoms with Crippen molar-refractivity contribution in [1.82, 2.24) is 4.98 Å². The minimum atomic E-state index is -0.854. The highest BCUT2D eigenvalue weighted by molar-refractivity contribution is 6.34. The number of amides is 1. The molecule has 1 heterocycles. The van der Waals surface area contributed by atoms with Crippen LogP contribution in [0.2, 0.25) is 5.02 Å². The average Bonchev–Trinajstić information content (AvgIpc) is 2.46. The Morgan fingerprint density at radius 3 is 2.81 bits per heavy atom. The van der Waals surface area contributed by atoms with E-state index in [-0.39, 0.29) is 17.4 Å². The SMILES string of the molecule is O=C(O)CCc1cccc(NC(=O)c2ccncc2Cl)c1. The van der Waals surface area contributed by atoms with Gasteiger partial charge in [-0.05, 0) is 30.2 Å². The van der Waals surface area contributed by atoms with Gasteiger partial charge in [0.2, 0.25) is 0 Å². The zero-order valence-electron chi connectivity index (χ0n) is 11.0. The lowest BCUT2D eigenvalue weighted by Gasteiger charge is -2.08. The fourth-order valence-electron chi connectivity index (χ4n) is 1.81. The second kappa shape index (κ2) is 6.85. The topological polar surface area (TPSA) is 79.3 Å². The number of halogens is 1. The van der Waals surface area contributed by atoms with Gasteiger partial charge in [0.05, 0.1) is 10.6 Å². The fraction of sp³-hybridized carbons (Fsp3) is 0.133. The molecule has 2 rings (SSSR count). The molecule has 0 atom stereocenters. The van der Waals surface area contributed by atoms with Crippen LogP contribution in [0.1, 0.15) is 22.3 Å². The van der Waals surface area contributed by atoms with E-state index >= 15 is 0 Å². The third kappa shape index (κ3) is 4.29. The van der Waals surface area contributed by atoms with Crippen LogP contribution in [-0.2, 0) is 11.2 Å². The Morgan fingerprint density at radius 1 is 1.29 bits per heavy atom. The van der Waals surface area contributed by atoms with Gasteiger partial charge in [0.1, 0.15) is 0 Å². The second-order valence-corrected chi connectivity index (χ2v) is 4.81. The highest BCUT2D eigenvalue weighted by Gasteiger charge is 2.10. The number of hydrogen-bond acceptors (Lipinski definition) is 3. The molecule has 21 heavy (non-hydrogen) atoms. The smallest absolute Gasteiger partial charge is 0.303 e. The van der Waals surface area contributed by atoms with Crippen LogP contribution in [0.5, 0.6) is 0 Å². The number of carbonyl (C=O) groups is 2. The maximum Gasteiger partial charge on any atom is 0.303 e. The molecule has 6 heteroatoms. The largest absolute Gasteiger partial charge is 0.481 e. The number of carbonyl (C=O) groups excluding carboxylic acids is 1. The van der Waals surface area contributed by atoms with Gasteiger partial charge in [0, 0.05) is 24.5 Å². The molecular weight excluding hydrogens is 292 g/mol. The second-order valence-electron chi connectivity index (χ2n) is 4.40. The number of pyridine rings is 1. The Balaban J connectivity index is 2.09. The molecule has 2 aromatic rings. The number of nitrogens with one attached hydrogen (secondary N) is 1. The third-order valence-corrected chi connectivity index (χ3v) is 3.13. The monoisotopic (exact) mass is 304 g/mol. The Hall–Kier alpha value is -2.40. The van der Waals surface area contributed by atoms with Gasteiger partial charge < -0.3 is 10.4 Å². The number of aryl methyl sites for hydroxylation is 1. The number of anilines is 1. The summed E-state index contributed by atoms with van der Waals surface area (Å²) >= 11 is 5.91. The molecule has 0 saturated heterocycles. The summed E-state index contributed by atoms with van der Waals surface area (Å²) in [5.74, 6) is -1.19. The van der Waals surface area contributed by atoms with Crippen molar-refractivity contribution in [3.05, 3.63) is 58.9 Å². The molecule has 0 aliphatic rings. The van der Waals surface area contributed by atoms with E-state index in [2.05, 4.69) is 10.3 Å². The van der Waals surface area contributed by atoms with E-state index in [1.165, 1.54) is 18.5 Å². The first-order valence-electron chi connectivity index (χ1n) is 6.28. The summed E-state index contributed by atoms with van der Waals surface area (Å²) in [6.45, 7) is 0. The van der Waals surface area contributed by atoms with Crippen LogP contribution in [0.15, 0.2) is 42.7 Å². The van der Waals surface area contributed by atoms with Crippen molar-refractivity contribution in [2.45, 2.75) is 12.8 Å². The quantitative estimate of drug-likeness (QED) is 0.890. The van der Waals surface area contributed by atoms with Crippen molar-refractivity contribution in [2.75, 3.05) is 5.32 Å². The summed E-state index contributed by atoms with van der Waals surface area (Å²) in [6.07, 6.45) is 3.35. The molecule has 108 valence electrons. The van der Waals surface area contributed by atoms with E-state index < -0.39 is 5.97 Å². The zero-order chi connectivity index (χ0) is 15.2. The van der Waals surface area contributed by atoms with Gasteiger partial charge in [-0.3, -0.25) is 14.6 Å². The van der Waals surface area contributed by atoms with Crippen LogP contribution in [0, 0.1) is 0 Å². The summed E-state index contributed by atoms with van der Waals surface area (Å²) in [7, 11) is 0. The molecule has 0 spiro atoms. The van der Waals surface area contributed by atoms with E-state index in [9.17, 15) is 9.59 Å². The molecule has 1 aromatic carbocycles. The maximum atomic E-state index is 12.1.